The Morgan fingerprint density at radius 3 is 2.25 bits per heavy atom. The third-order valence-electron chi connectivity index (χ3n) is 3.42. The molecule has 1 aliphatic carbocycles. The molecule has 0 saturated heterocycles. The van der Waals surface area contributed by atoms with Crippen molar-refractivity contribution in [3.8, 4) is 0 Å². The Hall–Kier alpha value is -0.960. The van der Waals surface area contributed by atoms with Crippen LogP contribution in [0.15, 0.2) is 18.2 Å². The molecular weight excluding hydrogens is 210 g/mol. The first kappa shape index (κ1) is 11.5. The minimum atomic E-state index is -0.586. The summed E-state index contributed by atoms with van der Waals surface area (Å²) in [6.07, 6.45) is 0.797. The lowest BCUT2D eigenvalue weighted by molar-refractivity contribution is 0.136. The zero-order valence-corrected chi connectivity index (χ0v) is 9.50. The number of benzene rings is 1. The first-order chi connectivity index (χ1) is 7.38. The Morgan fingerprint density at radius 1 is 1.31 bits per heavy atom. The van der Waals surface area contributed by atoms with Gasteiger partial charge in [-0.1, -0.05) is 13.8 Å². The topological polar surface area (TPSA) is 20.2 Å². The van der Waals surface area contributed by atoms with E-state index in [1.165, 1.54) is 12.1 Å². The second kappa shape index (κ2) is 3.81. The van der Waals surface area contributed by atoms with Crippen LogP contribution in [0.25, 0.3) is 0 Å². The highest BCUT2D eigenvalue weighted by atomic mass is 19.1. The van der Waals surface area contributed by atoms with Gasteiger partial charge in [-0.15, -0.1) is 0 Å². The number of aliphatic hydroxyl groups excluding tert-OH is 1. The molecule has 0 aliphatic heterocycles. The summed E-state index contributed by atoms with van der Waals surface area (Å²) in [6.45, 7) is 4.18. The van der Waals surface area contributed by atoms with Gasteiger partial charge in [0, 0.05) is 6.07 Å². The summed E-state index contributed by atoms with van der Waals surface area (Å²) in [6, 6.07) is 3.40. The van der Waals surface area contributed by atoms with Crippen LogP contribution >= 0.6 is 0 Å². The van der Waals surface area contributed by atoms with Crippen LogP contribution in [0.4, 0.5) is 8.78 Å². The molecule has 1 fully saturated rings. The van der Waals surface area contributed by atoms with E-state index in [0.29, 0.717) is 12.0 Å². The van der Waals surface area contributed by atoms with Gasteiger partial charge >= 0.3 is 0 Å². The van der Waals surface area contributed by atoms with E-state index in [1.54, 1.807) is 0 Å². The molecule has 88 valence electrons. The van der Waals surface area contributed by atoms with E-state index in [-0.39, 0.29) is 11.3 Å². The van der Waals surface area contributed by atoms with Crippen molar-refractivity contribution in [2.45, 2.75) is 32.8 Å². The van der Waals surface area contributed by atoms with Crippen molar-refractivity contribution < 1.29 is 13.9 Å². The van der Waals surface area contributed by atoms with Gasteiger partial charge in [-0.25, -0.2) is 8.78 Å². The van der Waals surface area contributed by atoms with Crippen molar-refractivity contribution in [1.29, 1.82) is 0 Å². The SMILES string of the molecule is CC1(C)CC1C(O)Cc1cc(F)cc(F)c1. The lowest BCUT2D eigenvalue weighted by Crippen LogP contribution is -2.16. The summed E-state index contributed by atoms with van der Waals surface area (Å²) in [5, 5.41) is 9.91. The standard InChI is InChI=1S/C13H16F2O/c1-13(2)7-11(13)12(16)5-8-3-9(14)6-10(15)4-8/h3-4,6,11-12,16H,5,7H2,1-2H3. The van der Waals surface area contributed by atoms with Crippen molar-refractivity contribution in [3.05, 3.63) is 35.4 Å². The number of aliphatic hydroxyl groups is 1. The van der Waals surface area contributed by atoms with E-state index < -0.39 is 17.7 Å². The lowest BCUT2D eigenvalue weighted by Gasteiger charge is -2.12. The molecule has 1 saturated carbocycles. The first-order valence-electron chi connectivity index (χ1n) is 5.51. The zero-order chi connectivity index (χ0) is 11.9. The molecule has 0 heterocycles. The van der Waals surface area contributed by atoms with Crippen molar-refractivity contribution in [2.75, 3.05) is 0 Å². The van der Waals surface area contributed by atoms with Gasteiger partial charge in [0.1, 0.15) is 11.6 Å². The van der Waals surface area contributed by atoms with Gasteiger partial charge in [-0.05, 0) is 41.9 Å². The number of hydrogen-bond donors (Lipinski definition) is 1. The third-order valence-corrected chi connectivity index (χ3v) is 3.42. The third kappa shape index (κ3) is 2.40. The molecule has 1 N–H and O–H groups in total. The fourth-order valence-corrected chi connectivity index (χ4v) is 2.28. The Labute approximate surface area is 94.1 Å². The predicted octanol–water partition coefficient (Wildman–Crippen LogP) is 2.91. The van der Waals surface area contributed by atoms with Gasteiger partial charge in [0.25, 0.3) is 0 Å². The molecule has 0 spiro atoms. The molecule has 0 bridgehead atoms. The van der Waals surface area contributed by atoms with E-state index in [2.05, 4.69) is 13.8 Å². The highest BCUT2D eigenvalue weighted by molar-refractivity contribution is 5.19. The van der Waals surface area contributed by atoms with Crippen molar-refractivity contribution in [1.82, 2.24) is 0 Å². The molecule has 1 aromatic carbocycles. The molecule has 16 heavy (non-hydrogen) atoms. The quantitative estimate of drug-likeness (QED) is 0.840. The van der Waals surface area contributed by atoms with Crippen LogP contribution in [0.5, 0.6) is 0 Å². The van der Waals surface area contributed by atoms with Crippen molar-refractivity contribution >= 4 is 0 Å². The number of halogens is 2. The monoisotopic (exact) mass is 226 g/mol. The summed E-state index contributed by atoms with van der Waals surface area (Å²) in [4.78, 5) is 0. The van der Waals surface area contributed by atoms with Crippen molar-refractivity contribution in [3.63, 3.8) is 0 Å². The summed E-state index contributed by atoms with van der Waals surface area (Å²) < 4.78 is 25.9. The maximum absolute atomic E-state index is 12.9. The van der Waals surface area contributed by atoms with Crippen LogP contribution < -0.4 is 0 Å². The molecule has 1 nitrogen and oxygen atoms in total. The second-order valence-corrected chi connectivity index (χ2v) is 5.35. The smallest absolute Gasteiger partial charge is 0.126 e. The highest BCUT2D eigenvalue weighted by Gasteiger charge is 2.49. The van der Waals surface area contributed by atoms with Gasteiger partial charge in [-0.3, -0.25) is 0 Å². The maximum atomic E-state index is 12.9. The van der Waals surface area contributed by atoms with E-state index in [4.69, 9.17) is 0 Å². The van der Waals surface area contributed by atoms with E-state index in [9.17, 15) is 13.9 Å². The average molecular weight is 226 g/mol. The molecule has 0 aromatic heterocycles. The Bertz CT molecular complexity index is 381. The lowest BCUT2D eigenvalue weighted by atomic mass is 9.99. The summed E-state index contributed by atoms with van der Waals surface area (Å²) in [7, 11) is 0. The van der Waals surface area contributed by atoms with Gasteiger partial charge < -0.3 is 5.11 Å². The van der Waals surface area contributed by atoms with E-state index >= 15 is 0 Å². The molecule has 2 atom stereocenters. The van der Waals surface area contributed by atoms with Gasteiger partial charge in [0.15, 0.2) is 0 Å². The van der Waals surface area contributed by atoms with Crippen LogP contribution in [0.2, 0.25) is 0 Å². The van der Waals surface area contributed by atoms with E-state index in [1.807, 2.05) is 0 Å². The van der Waals surface area contributed by atoms with Crippen LogP contribution in [0, 0.1) is 23.0 Å². The molecule has 0 amide bonds. The molecule has 1 aliphatic rings. The van der Waals surface area contributed by atoms with Gasteiger partial charge in [-0.2, -0.15) is 0 Å². The summed E-state index contributed by atoms with van der Waals surface area (Å²) in [5.74, 6) is -0.923. The number of hydrogen-bond acceptors (Lipinski definition) is 1. The molecular formula is C13H16F2O. The Morgan fingerprint density at radius 2 is 1.81 bits per heavy atom. The van der Waals surface area contributed by atoms with E-state index in [0.717, 1.165) is 12.5 Å². The van der Waals surface area contributed by atoms with Crippen molar-refractivity contribution in [2.24, 2.45) is 11.3 Å². The summed E-state index contributed by atoms with van der Waals surface area (Å²) in [5.41, 5.74) is 0.693. The van der Waals surface area contributed by atoms with Crippen LogP contribution in [-0.2, 0) is 6.42 Å². The molecule has 2 rings (SSSR count). The minimum Gasteiger partial charge on any atom is -0.392 e. The Kier molecular flexibility index (Phi) is 2.74. The van der Waals surface area contributed by atoms with Gasteiger partial charge in [0.2, 0.25) is 0 Å². The molecule has 2 unspecified atom stereocenters. The second-order valence-electron chi connectivity index (χ2n) is 5.35. The fraction of sp³-hybridized carbons (Fsp3) is 0.538. The summed E-state index contributed by atoms with van der Waals surface area (Å²) >= 11 is 0. The average Bonchev–Trinajstić information content (AvgIpc) is 2.73. The molecule has 0 radical (unpaired) electrons. The molecule has 1 aromatic rings. The Balaban J connectivity index is 2.04. The normalized spacial score (nSPS) is 24.2. The first-order valence-corrected chi connectivity index (χ1v) is 5.51. The minimum absolute atomic E-state index is 0.172. The zero-order valence-electron chi connectivity index (χ0n) is 9.50. The van der Waals surface area contributed by atoms with Gasteiger partial charge in [0.05, 0.1) is 6.10 Å². The highest BCUT2D eigenvalue weighted by Crippen LogP contribution is 2.53. The fourth-order valence-electron chi connectivity index (χ4n) is 2.28. The van der Waals surface area contributed by atoms with Crippen LogP contribution in [-0.4, -0.2) is 11.2 Å². The maximum Gasteiger partial charge on any atom is 0.126 e. The predicted molar refractivity (Wildman–Crippen MR) is 58.0 cm³/mol. The largest absolute Gasteiger partial charge is 0.392 e. The molecule has 3 heteroatoms. The van der Waals surface area contributed by atoms with Crippen LogP contribution in [0.3, 0.4) is 0 Å². The van der Waals surface area contributed by atoms with Crippen LogP contribution in [0.1, 0.15) is 25.8 Å². The number of rotatable bonds is 3.